The van der Waals surface area contributed by atoms with Gasteiger partial charge in [0, 0.05) is 37.8 Å². The summed E-state index contributed by atoms with van der Waals surface area (Å²) in [5, 5.41) is 6.79. The first-order valence-electron chi connectivity index (χ1n) is 7.20. The third kappa shape index (κ3) is 3.93. The smallest absolute Gasteiger partial charge is 0.252 e. The largest absolute Gasteiger partial charge is 0.437 e. The molecule has 0 unspecified atom stereocenters. The second-order valence-electron chi connectivity index (χ2n) is 5.27. The Hall–Kier alpha value is -1.82. The highest BCUT2D eigenvalue weighted by atomic mass is 35.5. The first-order chi connectivity index (χ1) is 11.1. The summed E-state index contributed by atoms with van der Waals surface area (Å²) in [7, 11) is 0. The molecule has 2 N–H and O–H groups in total. The van der Waals surface area contributed by atoms with E-state index in [2.05, 4.69) is 15.6 Å². The van der Waals surface area contributed by atoms with Crippen molar-refractivity contribution in [2.45, 2.75) is 0 Å². The van der Waals surface area contributed by atoms with Crippen LogP contribution in [-0.4, -0.2) is 30.5 Å². The molecule has 2 aromatic rings. The van der Waals surface area contributed by atoms with Gasteiger partial charge in [0.05, 0.1) is 10.6 Å². The quantitative estimate of drug-likeness (QED) is 0.868. The van der Waals surface area contributed by atoms with Crippen LogP contribution in [0.5, 0.6) is 11.6 Å². The second kappa shape index (κ2) is 7.17. The Bertz CT molecular complexity index is 703. The second-order valence-corrected chi connectivity index (χ2v) is 6.06. The fourth-order valence-electron chi connectivity index (χ4n) is 2.08. The Morgan fingerprint density at radius 1 is 1.30 bits per heavy atom. The van der Waals surface area contributed by atoms with Gasteiger partial charge in [-0.2, -0.15) is 0 Å². The van der Waals surface area contributed by atoms with E-state index in [1.165, 1.54) is 6.20 Å². The number of benzene rings is 1. The number of carbonyl (C=O) groups is 1. The molecule has 23 heavy (non-hydrogen) atoms. The van der Waals surface area contributed by atoms with Gasteiger partial charge < -0.3 is 15.4 Å². The highest BCUT2D eigenvalue weighted by molar-refractivity contribution is 6.42. The van der Waals surface area contributed by atoms with Crippen molar-refractivity contribution in [1.29, 1.82) is 0 Å². The summed E-state index contributed by atoms with van der Waals surface area (Å²) in [5.41, 5.74) is 0.488. The van der Waals surface area contributed by atoms with Crippen molar-refractivity contribution in [2.24, 2.45) is 5.92 Å². The molecule has 0 atom stereocenters. The molecule has 1 fully saturated rings. The van der Waals surface area contributed by atoms with Crippen LogP contribution in [0.4, 0.5) is 0 Å². The normalized spacial score (nSPS) is 14.2. The van der Waals surface area contributed by atoms with Crippen LogP contribution in [0.1, 0.15) is 10.4 Å². The van der Waals surface area contributed by atoms with Crippen molar-refractivity contribution in [3.05, 3.63) is 52.1 Å². The molecule has 1 aromatic carbocycles. The van der Waals surface area contributed by atoms with Gasteiger partial charge in [0.15, 0.2) is 0 Å². The first-order valence-corrected chi connectivity index (χ1v) is 7.96. The highest BCUT2D eigenvalue weighted by Gasteiger charge is 2.17. The summed E-state index contributed by atoms with van der Waals surface area (Å²) in [6.45, 7) is 2.57. The zero-order valence-electron chi connectivity index (χ0n) is 12.2. The van der Waals surface area contributed by atoms with Crippen LogP contribution in [0.25, 0.3) is 0 Å². The maximum absolute atomic E-state index is 12.0. The van der Waals surface area contributed by atoms with Crippen LogP contribution in [0, 0.1) is 5.92 Å². The number of halogens is 2. The summed E-state index contributed by atoms with van der Waals surface area (Å²) in [6.07, 6.45) is 1.47. The lowest BCUT2D eigenvalue weighted by Gasteiger charge is -2.27. The fraction of sp³-hybridized carbons (Fsp3) is 0.250. The zero-order valence-corrected chi connectivity index (χ0v) is 13.7. The molecule has 0 radical (unpaired) electrons. The standard InChI is InChI=1S/C16H15Cl2N3O2/c17-12-2-1-3-13(15(12)18)23-14-5-4-11(9-20-14)16(22)21-8-10-6-19-7-10/h1-5,9-10,19H,6-8H2,(H,21,22). The predicted molar refractivity (Wildman–Crippen MR) is 89.5 cm³/mol. The number of hydrogen-bond acceptors (Lipinski definition) is 4. The Morgan fingerprint density at radius 3 is 2.78 bits per heavy atom. The van der Waals surface area contributed by atoms with Crippen molar-refractivity contribution in [3.63, 3.8) is 0 Å². The number of nitrogens with zero attached hydrogens (tertiary/aromatic N) is 1. The van der Waals surface area contributed by atoms with E-state index in [0.29, 0.717) is 39.7 Å². The minimum absolute atomic E-state index is 0.142. The minimum atomic E-state index is -0.142. The van der Waals surface area contributed by atoms with Gasteiger partial charge in [-0.15, -0.1) is 0 Å². The molecular weight excluding hydrogens is 337 g/mol. The molecule has 1 amide bonds. The average Bonchev–Trinajstić information content (AvgIpc) is 2.51. The molecule has 7 heteroatoms. The number of hydrogen-bond donors (Lipinski definition) is 2. The molecule has 120 valence electrons. The van der Waals surface area contributed by atoms with Gasteiger partial charge in [0.1, 0.15) is 10.8 Å². The number of ether oxygens (including phenoxy) is 1. The molecule has 5 nitrogen and oxygen atoms in total. The fourth-order valence-corrected chi connectivity index (χ4v) is 2.41. The number of amides is 1. The molecule has 0 aliphatic carbocycles. The van der Waals surface area contributed by atoms with Crippen molar-refractivity contribution in [3.8, 4) is 11.6 Å². The minimum Gasteiger partial charge on any atom is -0.437 e. The number of carbonyl (C=O) groups excluding carboxylic acids is 1. The Kier molecular flexibility index (Phi) is 5.00. The lowest BCUT2D eigenvalue weighted by atomic mass is 10.0. The third-order valence-corrected chi connectivity index (χ3v) is 4.35. The van der Waals surface area contributed by atoms with Crippen LogP contribution >= 0.6 is 23.2 Å². The van der Waals surface area contributed by atoms with E-state index in [4.69, 9.17) is 27.9 Å². The van der Waals surface area contributed by atoms with E-state index < -0.39 is 0 Å². The topological polar surface area (TPSA) is 63.2 Å². The Morgan fingerprint density at radius 2 is 2.13 bits per heavy atom. The lowest BCUT2D eigenvalue weighted by Crippen LogP contribution is -2.48. The van der Waals surface area contributed by atoms with Crippen molar-refractivity contribution < 1.29 is 9.53 Å². The van der Waals surface area contributed by atoms with E-state index >= 15 is 0 Å². The van der Waals surface area contributed by atoms with E-state index in [0.717, 1.165) is 13.1 Å². The van der Waals surface area contributed by atoms with Crippen LogP contribution in [0.3, 0.4) is 0 Å². The molecular formula is C16H15Cl2N3O2. The lowest BCUT2D eigenvalue weighted by molar-refractivity contribution is 0.0942. The molecule has 0 bridgehead atoms. The van der Waals surface area contributed by atoms with Crippen LogP contribution in [0.2, 0.25) is 10.0 Å². The third-order valence-electron chi connectivity index (χ3n) is 3.55. The monoisotopic (exact) mass is 351 g/mol. The number of pyridine rings is 1. The molecule has 1 aromatic heterocycles. The van der Waals surface area contributed by atoms with E-state index in [1.807, 2.05) is 0 Å². The highest BCUT2D eigenvalue weighted by Crippen LogP contribution is 2.33. The Labute approximate surface area is 144 Å². The molecule has 0 saturated carbocycles. The summed E-state index contributed by atoms with van der Waals surface area (Å²) in [4.78, 5) is 16.1. The maximum atomic E-state index is 12.0. The van der Waals surface area contributed by atoms with E-state index in [9.17, 15) is 4.79 Å². The SMILES string of the molecule is O=C(NCC1CNC1)c1ccc(Oc2cccc(Cl)c2Cl)nc1. The molecule has 1 saturated heterocycles. The van der Waals surface area contributed by atoms with Crippen molar-refractivity contribution in [2.75, 3.05) is 19.6 Å². The van der Waals surface area contributed by atoms with Crippen LogP contribution in [0.15, 0.2) is 36.5 Å². The summed E-state index contributed by atoms with van der Waals surface area (Å²) in [6, 6.07) is 8.39. The number of rotatable bonds is 5. The molecule has 1 aliphatic rings. The Balaban J connectivity index is 1.62. The van der Waals surface area contributed by atoms with Gasteiger partial charge in [-0.3, -0.25) is 4.79 Å². The predicted octanol–water partition coefficient (Wildman–Crippen LogP) is 3.13. The van der Waals surface area contributed by atoms with Gasteiger partial charge in [-0.05, 0) is 18.2 Å². The number of nitrogens with one attached hydrogen (secondary N) is 2. The van der Waals surface area contributed by atoms with Crippen LogP contribution in [-0.2, 0) is 0 Å². The molecule has 2 heterocycles. The van der Waals surface area contributed by atoms with Gasteiger partial charge in [0.2, 0.25) is 5.88 Å². The van der Waals surface area contributed by atoms with Crippen LogP contribution < -0.4 is 15.4 Å². The first kappa shape index (κ1) is 16.1. The molecule has 1 aliphatic heterocycles. The number of aromatic nitrogens is 1. The van der Waals surface area contributed by atoms with Gasteiger partial charge in [0.25, 0.3) is 5.91 Å². The van der Waals surface area contributed by atoms with Crippen molar-refractivity contribution in [1.82, 2.24) is 15.6 Å². The van der Waals surface area contributed by atoms with E-state index in [1.54, 1.807) is 30.3 Å². The summed E-state index contributed by atoms with van der Waals surface area (Å²) >= 11 is 12.0. The van der Waals surface area contributed by atoms with Gasteiger partial charge in [-0.1, -0.05) is 29.3 Å². The van der Waals surface area contributed by atoms with Gasteiger partial charge >= 0.3 is 0 Å². The van der Waals surface area contributed by atoms with E-state index in [-0.39, 0.29) is 5.91 Å². The molecule has 3 rings (SSSR count). The summed E-state index contributed by atoms with van der Waals surface area (Å²) in [5.74, 6) is 1.13. The molecule has 0 spiro atoms. The summed E-state index contributed by atoms with van der Waals surface area (Å²) < 4.78 is 5.58. The average molecular weight is 352 g/mol. The zero-order chi connectivity index (χ0) is 16.2. The van der Waals surface area contributed by atoms with Gasteiger partial charge in [-0.25, -0.2) is 4.98 Å². The maximum Gasteiger partial charge on any atom is 0.252 e. The van der Waals surface area contributed by atoms with Crippen molar-refractivity contribution >= 4 is 29.1 Å².